The topological polar surface area (TPSA) is 44.5 Å². The monoisotopic (exact) mass is 277 g/mol. The molecule has 0 saturated heterocycles. The van der Waals surface area contributed by atoms with Gasteiger partial charge in [-0.25, -0.2) is 0 Å². The minimum atomic E-state index is -4.29. The number of rotatable bonds is 6. The molecule has 19 heavy (non-hydrogen) atoms. The van der Waals surface area contributed by atoms with Crippen molar-refractivity contribution in [2.24, 2.45) is 5.73 Å². The van der Waals surface area contributed by atoms with Crippen molar-refractivity contribution in [3.8, 4) is 11.5 Å². The molecule has 1 aromatic rings. The van der Waals surface area contributed by atoms with Crippen LogP contribution < -0.4 is 15.2 Å². The van der Waals surface area contributed by atoms with Crippen LogP contribution in [0.15, 0.2) is 18.2 Å². The fraction of sp³-hybridized carbons (Fsp3) is 0.538. The molecule has 0 spiro atoms. The molecule has 1 rings (SSSR count). The molecule has 0 bridgehead atoms. The number of nitrogens with two attached hydrogens (primary N) is 1. The maximum absolute atomic E-state index is 12.3. The van der Waals surface area contributed by atoms with Crippen LogP contribution in [0.5, 0.6) is 11.5 Å². The van der Waals surface area contributed by atoms with Crippen molar-refractivity contribution >= 4 is 0 Å². The highest BCUT2D eigenvalue weighted by Gasteiger charge is 2.31. The molecule has 0 radical (unpaired) electrons. The maximum atomic E-state index is 12.3. The van der Waals surface area contributed by atoms with E-state index in [2.05, 4.69) is 0 Å². The van der Waals surface area contributed by atoms with E-state index in [1.54, 1.807) is 13.0 Å². The third-order valence-electron chi connectivity index (χ3n) is 2.45. The van der Waals surface area contributed by atoms with Crippen LogP contribution >= 0.6 is 0 Å². The summed E-state index contributed by atoms with van der Waals surface area (Å²) in [4.78, 5) is 0. The fourth-order valence-electron chi connectivity index (χ4n) is 1.67. The standard InChI is InChI=1S/C13H18F3NO2/c1-3-18-11-6-5-9(7-12(11)19-4-2)10(17)8-13(14,15)16/h5-7,10H,3-4,8,17H2,1-2H3. The molecule has 108 valence electrons. The van der Waals surface area contributed by atoms with Crippen molar-refractivity contribution in [2.75, 3.05) is 13.2 Å². The molecule has 0 amide bonds. The lowest BCUT2D eigenvalue weighted by Gasteiger charge is -2.17. The minimum Gasteiger partial charge on any atom is -0.490 e. The van der Waals surface area contributed by atoms with Gasteiger partial charge in [-0.15, -0.1) is 0 Å². The SMILES string of the molecule is CCOc1ccc(C(N)CC(F)(F)F)cc1OCC. The summed E-state index contributed by atoms with van der Waals surface area (Å²) in [5.41, 5.74) is 5.93. The highest BCUT2D eigenvalue weighted by atomic mass is 19.4. The Balaban J connectivity index is 2.93. The summed E-state index contributed by atoms with van der Waals surface area (Å²) in [7, 11) is 0. The molecule has 0 aliphatic rings. The molecule has 0 aromatic heterocycles. The largest absolute Gasteiger partial charge is 0.490 e. The zero-order valence-corrected chi connectivity index (χ0v) is 11.0. The number of benzene rings is 1. The van der Waals surface area contributed by atoms with Gasteiger partial charge in [-0.05, 0) is 31.5 Å². The van der Waals surface area contributed by atoms with Crippen LogP contribution in [-0.4, -0.2) is 19.4 Å². The molecular formula is C13H18F3NO2. The normalized spacial score (nSPS) is 13.2. The molecule has 1 aromatic carbocycles. The van der Waals surface area contributed by atoms with Crippen molar-refractivity contribution in [3.63, 3.8) is 0 Å². The first-order chi connectivity index (χ1) is 8.87. The summed E-state index contributed by atoms with van der Waals surface area (Å²) in [6.45, 7) is 4.46. The van der Waals surface area contributed by atoms with Crippen molar-refractivity contribution in [1.29, 1.82) is 0 Å². The van der Waals surface area contributed by atoms with Crippen LogP contribution in [0.1, 0.15) is 31.9 Å². The smallest absolute Gasteiger partial charge is 0.390 e. The van der Waals surface area contributed by atoms with E-state index in [4.69, 9.17) is 15.2 Å². The molecule has 2 N–H and O–H groups in total. The Labute approximate surface area is 110 Å². The van der Waals surface area contributed by atoms with Gasteiger partial charge in [-0.2, -0.15) is 13.2 Å². The van der Waals surface area contributed by atoms with Crippen LogP contribution in [0.25, 0.3) is 0 Å². The van der Waals surface area contributed by atoms with Gasteiger partial charge in [0, 0.05) is 6.04 Å². The van der Waals surface area contributed by atoms with E-state index < -0.39 is 18.6 Å². The van der Waals surface area contributed by atoms with Crippen LogP contribution in [0, 0.1) is 0 Å². The van der Waals surface area contributed by atoms with Crippen LogP contribution in [0.4, 0.5) is 13.2 Å². The Hall–Kier alpha value is -1.43. The summed E-state index contributed by atoms with van der Waals surface area (Å²) in [6.07, 6.45) is -5.35. The van der Waals surface area contributed by atoms with Gasteiger partial charge in [0.2, 0.25) is 0 Å². The van der Waals surface area contributed by atoms with E-state index >= 15 is 0 Å². The highest BCUT2D eigenvalue weighted by Crippen LogP contribution is 2.33. The first kappa shape index (κ1) is 15.6. The molecule has 6 heteroatoms. The third-order valence-corrected chi connectivity index (χ3v) is 2.45. The molecule has 1 unspecified atom stereocenters. The number of ether oxygens (including phenoxy) is 2. The number of hydrogen-bond donors (Lipinski definition) is 1. The van der Waals surface area contributed by atoms with Crippen molar-refractivity contribution < 1.29 is 22.6 Å². The Morgan fingerprint density at radius 1 is 1.11 bits per heavy atom. The Kier molecular flexibility index (Phi) is 5.47. The maximum Gasteiger partial charge on any atom is 0.390 e. The van der Waals surface area contributed by atoms with Crippen LogP contribution in [-0.2, 0) is 0 Å². The predicted octanol–water partition coefficient (Wildman–Crippen LogP) is 3.44. The summed E-state index contributed by atoms with van der Waals surface area (Å²) in [6, 6.07) is 3.52. The van der Waals surface area contributed by atoms with Crippen LogP contribution in [0.3, 0.4) is 0 Å². The molecular weight excluding hydrogens is 259 g/mol. The van der Waals surface area contributed by atoms with E-state index in [0.29, 0.717) is 30.3 Å². The highest BCUT2D eigenvalue weighted by molar-refractivity contribution is 5.43. The average Bonchev–Trinajstić information content (AvgIpc) is 2.29. The summed E-state index contributed by atoms with van der Waals surface area (Å²) in [5, 5.41) is 0. The second-order valence-corrected chi connectivity index (χ2v) is 4.00. The van der Waals surface area contributed by atoms with Gasteiger partial charge in [0.05, 0.1) is 19.6 Å². The van der Waals surface area contributed by atoms with Gasteiger partial charge in [-0.3, -0.25) is 0 Å². The quantitative estimate of drug-likeness (QED) is 0.866. The minimum absolute atomic E-state index is 0.379. The number of hydrogen-bond acceptors (Lipinski definition) is 3. The number of alkyl halides is 3. The zero-order chi connectivity index (χ0) is 14.5. The predicted molar refractivity (Wildman–Crippen MR) is 66.4 cm³/mol. The molecule has 0 heterocycles. The molecule has 0 saturated carbocycles. The summed E-state index contributed by atoms with van der Waals surface area (Å²) < 4.78 is 47.6. The van der Waals surface area contributed by atoms with Gasteiger partial charge in [0.25, 0.3) is 0 Å². The fourth-order valence-corrected chi connectivity index (χ4v) is 1.67. The lowest BCUT2D eigenvalue weighted by atomic mass is 10.0. The summed E-state index contributed by atoms with van der Waals surface area (Å²) in [5.74, 6) is 0.923. The molecule has 0 fully saturated rings. The molecule has 0 aliphatic heterocycles. The summed E-state index contributed by atoms with van der Waals surface area (Å²) >= 11 is 0. The van der Waals surface area contributed by atoms with Crippen LogP contribution in [0.2, 0.25) is 0 Å². The Morgan fingerprint density at radius 3 is 2.21 bits per heavy atom. The second-order valence-electron chi connectivity index (χ2n) is 4.00. The van der Waals surface area contributed by atoms with Gasteiger partial charge in [0.15, 0.2) is 11.5 Å². The first-order valence-electron chi connectivity index (χ1n) is 6.09. The average molecular weight is 277 g/mol. The van der Waals surface area contributed by atoms with Gasteiger partial charge < -0.3 is 15.2 Å². The Bertz CT molecular complexity index is 407. The third kappa shape index (κ3) is 4.98. The van der Waals surface area contributed by atoms with Gasteiger partial charge >= 0.3 is 6.18 Å². The molecule has 0 aliphatic carbocycles. The lowest BCUT2D eigenvalue weighted by Crippen LogP contribution is -2.20. The molecule has 1 atom stereocenters. The van der Waals surface area contributed by atoms with E-state index in [1.165, 1.54) is 12.1 Å². The second kappa shape index (κ2) is 6.65. The van der Waals surface area contributed by atoms with Crippen molar-refractivity contribution in [2.45, 2.75) is 32.5 Å². The number of halogens is 3. The first-order valence-corrected chi connectivity index (χ1v) is 6.09. The van der Waals surface area contributed by atoms with Crippen molar-refractivity contribution in [3.05, 3.63) is 23.8 Å². The van der Waals surface area contributed by atoms with E-state index in [0.717, 1.165) is 0 Å². The zero-order valence-electron chi connectivity index (χ0n) is 11.0. The van der Waals surface area contributed by atoms with Gasteiger partial charge in [-0.1, -0.05) is 6.07 Å². The van der Waals surface area contributed by atoms with Gasteiger partial charge in [0.1, 0.15) is 0 Å². The van der Waals surface area contributed by atoms with E-state index in [1.807, 2.05) is 6.92 Å². The van der Waals surface area contributed by atoms with E-state index in [9.17, 15) is 13.2 Å². The van der Waals surface area contributed by atoms with Crippen molar-refractivity contribution in [1.82, 2.24) is 0 Å². The van der Waals surface area contributed by atoms with E-state index in [-0.39, 0.29) is 0 Å². The Morgan fingerprint density at radius 2 is 1.68 bits per heavy atom. The molecule has 3 nitrogen and oxygen atoms in total. The lowest BCUT2D eigenvalue weighted by molar-refractivity contribution is -0.138.